The molecule has 0 spiro atoms. The molecule has 2 rings (SSSR count). The van der Waals surface area contributed by atoms with Crippen molar-refractivity contribution >= 4 is 0 Å². The third-order valence-corrected chi connectivity index (χ3v) is 2.54. The molecule has 2 N–H and O–H groups in total. The second-order valence-electron chi connectivity index (χ2n) is 3.77. The Morgan fingerprint density at radius 1 is 0.933 bits per heavy atom. The third-order valence-electron chi connectivity index (χ3n) is 2.54. The summed E-state index contributed by atoms with van der Waals surface area (Å²) in [5, 5.41) is 0. The van der Waals surface area contributed by atoms with E-state index < -0.39 is 0 Å². The van der Waals surface area contributed by atoms with Gasteiger partial charge in [-0.3, -0.25) is 0 Å². The van der Waals surface area contributed by atoms with E-state index >= 15 is 0 Å². The highest BCUT2D eigenvalue weighted by molar-refractivity contribution is 5.64. The maximum absolute atomic E-state index is 5.56. The molecule has 0 amide bonds. The lowest BCUT2D eigenvalue weighted by atomic mass is 10.0. The van der Waals surface area contributed by atoms with Gasteiger partial charge in [0.15, 0.2) is 0 Å². The highest BCUT2D eigenvalue weighted by Gasteiger charge is 1.97. The zero-order valence-corrected chi connectivity index (χ0v) is 8.90. The Bertz CT molecular complexity index is 443. The average molecular weight is 197 g/mol. The van der Waals surface area contributed by atoms with Crippen LogP contribution >= 0.6 is 0 Å². The van der Waals surface area contributed by atoms with Crippen molar-refractivity contribution in [2.75, 3.05) is 0 Å². The summed E-state index contributed by atoms with van der Waals surface area (Å²) in [6.07, 6.45) is 0. The quantitative estimate of drug-likeness (QED) is 0.786. The summed E-state index contributed by atoms with van der Waals surface area (Å²) in [5.41, 5.74) is 10.5. The lowest BCUT2D eigenvalue weighted by molar-refractivity contribution is 1.07. The Morgan fingerprint density at radius 3 is 2.27 bits per heavy atom. The van der Waals surface area contributed by atoms with Gasteiger partial charge in [0.2, 0.25) is 0 Å². The summed E-state index contributed by atoms with van der Waals surface area (Å²) in [6.45, 7) is 2.71. The van der Waals surface area contributed by atoms with Gasteiger partial charge >= 0.3 is 0 Å². The van der Waals surface area contributed by atoms with Crippen LogP contribution in [0.25, 0.3) is 11.1 Å². The molecular weight excluding hydrogens is 182 g/mol. The fraction of sp³-hybridized carbons (Fsp3) is 0.143. The topological polar surface area (TPSA) is 26.0 Å². The lowest BCUT2D eigenvalue weighted by Crippen LogP contribution is -1.95. The molecule has 15 heavy (non-hydrogen) atoms. The van der Waals surface area contributed by atoms with Crippen LogP contribution in [0.15, 0.2) is 48.5 Å². The molecule has 0 radical (unpaired) electrons. The van der Waals surface area contributed by atoms with E-state index in [9.17, 15) is 0 Å². The van der Waals surface area contributed by atoms with Gasteiger partial charge in [-0.05, 0) is 23.6 Å². The second kappa shape index (κ2) is 4.28. The van der Waals surface area contributed by atoms with E-state index in [0.717, 1.165) is 0 Å². The van der Waals surface area contributed by atoms with Gasteiger partial charge in [0.05, 0.1) is 0 Å². The third kappa shape index (κ3) is 2.25. The molecule has 0 fully saturated rings. The molecule has 1 nitrogen and oxygen atoms in total. The Balaban J connectivity index is 2.37. The number of aryl methyl sites for hydroxylation is 1. The summed E-state index contributed by atoms with van der Waals surface area (Å²) in [5.74, 6) is 0. The van der Waals surface area contributed by atoms with Crippen LogP contribution in [-0.2, 0) is 6.54 Å². The molecule has 1 heteroatoms. The first kappa shape index (κ1) is 9.94. The molecule has 0 aromatic heterocycles. The predicted molar refractivity (Wildman–Crippen MR) is 64.5 cm³/mol. The normalized spacial score (nSPS) is 10.3. The first-order valence-corrected chi connectivity index (χ1v) is 5.15. The minimum absolute atomic E-state index is 0.605. The SMILES string of the molecule is Cc1cccc(-c2ccc(CN)cc2)c1. The van der Waals surface area contributed by atoms with Crippen LogP contribution in [0.4, 0.5) is 0 Å². The van der Waals surface area contributed by atoms with Crippen molar-refractivity contribution in [3.05, 3.63) is 59.7 Å². The van der Waals surface area contributed by atoms with Crippen LogP contribution in [0, 0.1) is 6.92 Å². The maximum Gasteiger partial charge on any atom is 0.0178 e. The van der Waals surface area contributed by atoms with E-state index in [4.69, 9.17) is 5.73 Å². The Morgan fingerprint density at radius 2 is 1.67 bits per heavy atom. The van der Waals surface area contributed by atoms with Gasteiger partial charge in [-0.15, -0.1) is 0 Å². The number of rotatable bonds is 2. The highest BCUT2D eigenvalue weighted by Crippen LogP contribution is 2.20. The van der Waals surface area contributed by atoms with Gasteiger partial charge in [-0.1, -0.05) is 54.1 Å². The van der Waals surface area contributed by atoms with E-state index in [2.05, 4.69) is 55.5 Å². The molecule has 2 aromatic rings. The monoisotopic (exact) mass is 197 g/mol. The van der Waals surface area contributed by atoms with Crippen molar-refractivity contribution in [2.45, 2.75) is 13.5 Å². The van der Waals surface area contributed by atoms with Crippen molar-refractivity contribution in [1.29, 1.82) is 0 Å². The molecule has 0 aliphatic heterocycles. The molecule has 0 atom stereocenters. The largest absolute Gasteiger partial charge is 0.326 e. The smallest absolute Gasteiger partial charge is 0.0178 e. The number of nitrogens with two attached hydrogens (primary N) is 1. The Kier molecular flexibility index (Phi) is 2.84. The number of hydrogen-bond donors (Lipinski definition) is 1. The molecule has 0 aliphatic carbocycles. The summed E-state index contributed by atoms with van der Waals surface area (Å²) in [4.78, 5) is 0. The summed E-state index contributed by atoms with van der Waals surface area (Å²) >= 11 is 0. The van der Waals surface area contributed by atoms with Crippen LogP contribution in [0.2, 0.25) is 0 Å². The molecule has 0 heterocycles. The zero-order valence-electron chi connectivity index (χ0n) is 8.90. The summed E-state index contributed by atoms with van der Waals surface area (Å²) in [6, 6.07) is 16.9. The van der Waals surface area contributed by atoms with Crippen LogP contribution in [0.3, 0.4) is 0 Å². The Hall–Kier alpha value is -1.60. The molecule has 2 aromatic carbocycles. The predicted octanol–water partition coefficient (Wildman–Crippen LogP) is 3.12. The minimum Gasteiger partial charge on any atom is -0.326 e. The van der Waals surface area contributed by atoms with E-state index in [-0.39, 0.29) is 0 Å². The first-order chi connectivity index (χ1) is 7.29. The first-order valence-electron chi connectivity index (χ1n) is 5.15. The van der Waals surface area contributed by atoms with Crippen LogP contribution in [-0.4, -0.2) is 0 Å². The van der Waals surface area contributed by atoms with Crippen LogP contribution in [0.5, 0.6) is 0 Å². The van der Waals surface area contributed by atoms with Crippen LogP contribution < -0.4 is 5.73 Å². The highest BCUT2D eigenvalue weighted by atomic mass is 14.5. The van der Waals surface area contributed by atoms with Gasteiger partial charge in [0.1, 0.15) is 0 Å². The Labute approximate surface area is 90.6 Å². The molecule has 0 saturated heterocycles. The van der Waals surface area contributed by atoms with E-state index in [1.165, 1.54) is 22.3 Å². The maximum atomic E-state index is 5.56. The number of benzene rings is 2. The van der Waals surface area contributed by atoms with Crippen molar-refractivity contribution in [3.8, 4) is 11.1 Å². The minimum atomic E-state index is 0.605. The van der Waals surface area contributed by atoms with Gasteiger partial charge in [-0.2, -0.15) is 0 Å². The van der Waals surface area contributed by atoms with Crippen molar-refractivity contribution < 1.29 is 0 Å². The van der Waals surface area contributed by atoms with E-state index in [1.807, 2.05) is 0 Å². The summed E-state index contributed by atoms with van der Waals surface area (Å²) < 4.78 is 0. The molecule has 0 aliphatic rings. The fourth-order valence-electron chi connectivity index (χ4n) is 1.66. The van der Waals surface area contributed by atoms with Gasteiger partial charge in [-0.25, -0.2) is 0 Å². The van der Waals surface area contributed by atoms with E-state index in [0.29, 0.717) is 6.54 Å². The fourth-order valence-corrected chi connectivity index (χ4v) is 1.66. The number of hydrogen-bond acceptors (Lipinski definition) is 1. The van der Waals surface area contributed by atoms with Gasteiger partial charge in [0.25, 0.3) is 0 Å². The lowest BCUT2D eigenvalue weighted by Gasteiger charge is -2.03. The van der Waals surface area contributed by atoms with Crippen molar-refractivity contribution in [1.82, 2.24) is 0 Å². The van der Waals surface area contributed by atoms with Crippen molar-refractivity contribution in [2.24, 2.45) is 5.73 Å². The van der Waals surface area contributed by atoms with Gasteiger partial charge in [0, 0.05) is 6.54 Å². The summed E-state index contributed by atoms with van der Waals surface area (Å²) in [7, 11) is 0. The van der Waals surface area contributed by atoms with Crippen molar-refractivity contribution in [3.63, 3.8) is 0 Å². The molecule has 0 unspecified atom stereocenters. The van der Waals surface area contributed by atoms with Gasteiger partial charge < -0.3 is 5.73 Å². The molecule has 0 bridgehead atoms. The van der Waals surface area contributed by atoms with E-state index in [1.54, 1.807) is 0 Å². The van der Waals surface area contributed by atoms with Crippen LogP contribution in [0.1, 0.15) is 11.1 Å². The average Bonchev–Trinajstić information content (AvgIpc) is 2.29. The molecule has 76 valence electrons. The standard InChI is InChI=1S/C14H15N/c1-11-3-2-4-14(9-11)13-7-5-12(10-15)6-8-13/h2-9H,10,15H2,1H3. The molecule has 0 saturated carbocycles. The molecular formula is C14H15N. The second-order valence-corrected chi connectivity index (χ2v) is 3.77. The zero-order chi connectivity index (χ0) is 10.7.